The minimum Gasteiger partial charge on any atom is -0.395 e. The van der Waals surface area contributed by atoms with E-state index in [4.69, 9.17) is 0 Å². The molecule has 0 fully saturated rings. The summed E-state index contributed by atoms with van der Waals surface area (Å²) >= 11 is 0. The van der Waals surface area contributed by atoms with E-state index >= 15 is 0 Å². The van der Waals surface area contributed by atoms with Crippen LogP contribution in [0.3, 0.4) is 0 Å². The highest BCUT2D eigenvalue weighted by Crippen LogP contribution is 2.15. The third-order valence-corrected chi connectivity index (χ3v) is 5.40. The lowest BCUT2D eigenvalue weighted by Gasteiger charge is -2.27. The van der Waals surface area contributed by atoms with E-state index in [0.717, 1.165) is 12.8 Å². The lowest BCUT2D eigenvalue weighted by molar-refractivity contribution is 0.0333. The van der Waals surface area contributed by atoms with E-state index in [9.17, 15) is 10.2 Å². The van der Waals surface area contributed by atoms with E-state index in [1.54, 1.807) is 0 Å². The van der Waals surface area contributed by atoms with E-state index < -0.39 is 6.10 Å². The minimum atomic E-state index is -0.401. The topological polar surface area (TPSA) is 43.7 Å². The molecule has 0 amide bonds. The van der Waals surface area contributed by atoms with Crippen LogP contribution in [-0.2, 0) is 0 Å². The maximum absolute atomic E-state index is 10.1. The summed E-state index contributed by atoms with van der Waals surface area (Å²) in [7, 11) is 3.83. The van der Waals surface area contributed by atoms with Crippen molar-refractivity contribution in [2.75, 3.05) is 20.7 Å². The molecule has 3 heteroatoms. The molecule has 0 aromatic rings. The molecule has 0 aromatic heterocycles. The van der Waals surface area contributed by atoms with Gasteiger partial charge < -0.3 is 15.1 Å². The van der Waals surface area contributed by atoms with Crippen LogP contribution in [0.5, 0.6) is 0 Å². The first-order valence-corrected chi connectivity index (χ1v) is 11.1. The van der Waals surface area contributed by atoms with Crippen molar-refractivity contribution in [1.29, 1.82) is 0 Å². The van der Waals surface area contributed by atoms with Gasteiger partial charge in [0.1, 0.15) is 0 Å². The van der Waals surface area contributed by atoms with Crippen molar-refractivity contribution >= 4 is 0 Å². The van der Waals surface area contributed by atoms with Gasteiger partial charge >= 0.3 is 0 Å². The second-order valence-corrected chi connectivity index (χ2v) is 8.02. The highest BCUT2D eigenvalue weighted by molar-refractivity contribution is 4.74. The van der Waals surface area contributed by atoms with Crippen LogP contribution in [0.25, 0.3) is 0 Å². The molecule has 0 saturated heterocycles. The fourth-order valence-electron chi connectivity index (χ4n) is 3.55. The standard InChI is InChI=1S/C22H47NO2/c1-4-5-6-7-8-9-10-11-12-13-14-15-16-17-18-19-22(25)21(20-24)23(2)3/h21-22,24-25H,4-20H2,1-3H3. The molecule has 0 aliphatic heterocycles. The molecule has 0 aliphatic carbocycles. The molecule has 3 nitrogen and oxygen atoms in total. The lowest BCUT2D eigenvalue weighted by Crippen LogP contribution is -2.41. The number of unbranched alkanes of at least 4 members (excludes halogenated alkanes) is 14. The molecule has 0 radical (unpaired) electrons. The smallest absolute Gasteiger partial charge is 0.0717 e. The van der Waals surface area contributed by atoms with Crippen LogP contribution in [0, 0.1) is 0 Å². The lowest BCUT2D eigenvalue weighted by atomic mass is 10.0. The van der Waals surface area contributed by atoms with Crippen molar-refractivity contribution in [2.45, 2.75) is 122 Å². The summed E-state index contributed by atoms with van der Waals surface area (Å²) in [6.07, 6.45) is 20.9. The van der Waals surface area contributed by atoms with Gasteiger partial charge in [0.15, 0.2) is 0 Å². The number of likely N-dealkylation sites (N-methyl/N-ethyl adjacent to an activating group) is 1. The van der Waals surface area contributed by atoms with Gasteiger partial charge in [-0.2, -0.15) is 0 Å². The Morgan fingerprint density at radius 3 is 1.32 bits per heavy atom. The molecular formula is C22H47NO2. The van der Waals surface area contributed by atoms with Gasteiger partial charge in [0, 0.05) is 0 Å². The van der Waals surface area contributed by atoms with E-state index in [-0.39, 0.29) is 12.6 Å². The Kier molecular flexibility index (Phi) is 18.6. The van der Waals surface area contributed by atoms with Crippen LogP contribution in [-0.4, -0.2) is 48.0 Å². The maximum atomic E-state index is 10.1. The SMILES string of the molecule is CCCCCCCCCCCCCCCCCC(O)C(CO)N(C)C. The molecule has 0 aromatic carbocycles. The summed E-state index contributed by atoms with van der Waals surface area (Å²) in [6.45, 7) is 2.31. The predicted molar refractivity (Wildman–Crippen MR) is 110 cm³/mol. The summed E-state index contributed by atoms with van der Waals surface area (Å²) in [5.41, 5.74) is 0. The molecule has 0 bridgehead atoms. The molecule has 2 atom stereocenters. The first-order valence-electron chi connectivity index (χ1n) is 11.1. The highest BCUT2D eigenvalue weighted by Gasteiger charge is 2.19. The van der Waals surface area contributed by atoms with Gasteiger partial charge in [0.2, 0.25) is 0 Å². The third-order valence-electron chi connectivity index (χ3n) is 5.40. The Morgan fingerprint density at radius 2 is 1.00 bits per heavy atom. The fraction of sp³-hybridized carbons (Fsp3) is 1.00. The Labute approximate surface area is 158 Å². The van der Waals surface area contributed by atoms with Crippen molar-refractivity contribution < 1.29 is 10.2 Å². The average molecular weight is 358 g/mol. The Bertz CT molecular complexity index is 258. The van der Waals surface area contributed by atoms with Crippen LogP contribution in [0.4, 0.5) is 0 Å². The molecule has 0 heterocycles. The molecule has 0 spiro atoms. The number of hydrogen-bond acceptors (Lipinski definition) is 3. The summed E-state index contributed by atoms with van der Waals surface area (Å²) in [5, 5.41) is 19.4. The zero-order chi connectivity index (χ0) is 18.8. The van der Waals surface area contributed by atoms with E-state index in [1.807, 2.05) is 19.0 Å². The van der Waals surface area contributed by atoms with Crippen LogP contribution >= 0.6 is 0 Å². The van der Waals surface area contributed by atoms with Crippen LogP contribution in [0.15, 0.2) is 0 Å². The molecule has 2 N–H and O–H groups in total. The van der Waals surface area contributed by atoms with Gasteiger partial charge in [-0.25, -0.2) is 0 Å². The maximum Gasteiger partial charge on any atom is 0.0717 e. The Balaban J connectivity index is 3.24. The normalized spacial score (nSPS) is 14.2. The summed E-state index contributed by atoms with van der Waals surface area (Å²) < 4.78 is 0. The molecule has 25 heavy (non-hydrogen) atoms. The van der Waals surface area contributed by atoms with Gasteiger partial charge in [0.05, 0.1) is 18.8 Å². The predicted octanol–water partition coefficient (Wildman–Crippen LogP) is 5.53. The van der Waals surface area contributed by atoms with Gasteiger partial charge in [-0.05, 0) is 20.5 Å². The average Bonchev–Trinajstić information content (AvgIpc) is 2.58. The zero-order valence-electron chi connectivity index (χ0n) is 17.5. The molecular weight excluding hydrogens is 310 g/mol. The molecule has 0 saturated carbocycles. The van der Waals surface area contributed by atoms with Gasteiger partial charge in [0.25, 0.3) is 0 Å². The quantitative estimate of drug-likeness (QED) is 0.299. The fourth-order valence-corrected chi connectivity index (χ4v) is 3.55. The second-order valence-electron chi connectivity index (χ2n) is 8.02. The number of nitrogens with zero attached hydrogens (tertiary/aromatic N) is 1. The van der Waals surface area contributed by atoms with Crippen molar-refractivity contribution in [2.24, 2.45) is 0 Å². The van der Waals surface area contributed by atoms with Crippen molar-refractivity contribution in [3.05, 3.63) is 0 Å². The van der Waals surface area contributed by atoms with Crippen LogP contribution in [0.1, 0.15) is 110 Å². The van der Waals surface area contributed by atoms with Crippen molar-refractivity contribution in [3.8, 4) is 0 Å². The van der Waals surface area contributed by atoms with E-state index in [2.05, 4.69) is 6.92 Å². The van der Waals surface area contributed by atoms with E-state index in [0.29, 0.717) is 0 Å². The zero-order valence-corrected chi connectivity index (χ0v) is 17.5. The number of aliphatic hydroxyl groups is 2. The largest absolute Gasteiger partial charge is 0.395 e. The molecule has 152 valence electrons. The van der Waals surface area contributed by atoms with Gasteiger partial charge in [-0.3, -0.25) is 0 Å². The summed E-state index contributed by atoms with van der Waals surface area (Å²) in [5.74, 6) is 0. The van der Waals surface area contributed by atoms with Crippen LogP contribution in [0.2, 0.25) is 0 Å². The monoisotopic (exact) mass is 357 g/mol. The Hall–Kier alpha value is -0.120. The molecule has 2 unspecified atom stereocenters. The summed E-state index contributed by atoms with van der Waals surface area (Å²) in [4.78, 5) is 1.91. The third kappa shape index (κ3) is 15.8. The van der Waals surface area contributed by atoms with Gasteiger partial charge in [-0.1, -0.05) is 103 Å². The Morgan fingerprint density at radius 1 is 0.640 bits per heavy atom. The van der Waals surface area contributed by atoms with E-state index in [1.165, 1.54) is 89.9 Å². The summed E-state index contributed by atoms with van der Waals surface area (Å²) in [6, 6.07) is -0.119. The first-order chi connectivity index (χ1) is 12.1. The van der Waals surface area contributed by atoms with Crippen molar-refractivity contribution in [1.82, 2.24) is 4.90 Å². The number of hydrogen-bond donors (Lipinski definition) is 2. The van der Waals surface area contributed by atoms with Crippen molar-refractivity contribution in [3.63, 3.8) is 0 Å². The van der Waals surface area contributed by atoms with Gasteiger partial charge in [-0.15, -0.1) is 0 Å². The number of aliphatic hydroxyl groups excluding tert-OH is 2. The van der Waals surface area contributed by atoms with Crippen LogP contribution < -0.4 is 0 Å². The number of rotatable bonds is 19. The molecule has 0 rings (SSSR count). The highest BCUT2D eigenvalue weighted by atomic mass is 16.3. The minimum absolute atomic E-state index is 0.0346. The second kappa shape index (κ2) is 18.7. The molecule has 0 aliphatic rings. The first kappa shape index (κ1) is 24.9.